The molecule has 1 atom stereocenters. The van der Waals surface area contributed by atoms with E-state index in [1.807, 2.05) is 19.9 Å². The first-order valence-corrected chi connectivity index (χ1v) is 8.65. The summed E-state index contributed by atoms with van der Waals surface area (Å²) in [7, 11) is 0. The first-order valence-electron chi connectivity index (χ1n) is 8.28. The van der Waals surface area contributed by atoms with Crippen molar-refractivity contribution in [3.63, 3.8) is 0 Å². The Hall–Kier alpha value is -2.83. The largest absolute Gasteiger partial charge is 0.394 e. The van der Waals surface area contributed by atoms with E-state index in [2.05, 4.69) is 15.4 Å². The van der Waals surface area contributed by atoms with Crippen LogP contribution in [0.2, 0.25) is 5.15 Å². The maximum Gasteiger partial charge on any atom is 0.176 e. The van der Waals surface area contributed by atoms with Crippen LogP contribution in [0.3, 0.4) is 0 Å². The maximum atomic E-state index is 14.5. The van der Waals surface area contributed by atoms with Crippen molar-refractivity contribution >= 4 is 23.1 Å². The Bertz CT molecular complexity index is 1070. The van der Waals surface area contributed by atoms with Crippen LogP contribution >= 0.6 is 11.6 Å². The Morgan fingerprint density at radius 2 is 1.89 bits per heavy atom. The van der Waals surface area contributed by atoms with Crippen LogP contribution in [0, 0.1) is 34.7 Å². The zero-order valence-electron chi connectivity index (χ0n) is 14.8. The predicted octanol–water partition coefficient (Wildman–Crippen LogP) is 3.77. The van der Waals surface area contributed by atoms with Gasteiger partial charge in [0.15, 0.2) is 5.65 Å². The molecule has 0 fully saturated rings. The molecule has 0 radical (unpaired) electrons. The lowest BCUT2D eigenvalue weighted by Gasteiger charge is -2.24. The first kappa shape index (κ1) is 19.9. The van der Waals surface area contributed by atoms with Gasteiger partial charge in [0.2, 0.25) is 0 Å². The van der Waals surface area contributed by atoms with E-state index < -0.39 is 29.1 Å². The summed E-state index contributed by atoms with van der Waals surface area (Å²) in [5.41, 5.74) is -0.627. The van der Waals surface area contributed by atoms with Gasteiger partial charge in [-0.1, -0.05) is 25.4 Å². The van der Waals surface area contributed by atoms with Crippen LogP contribution in [0.5, 0.6) is 0 Å². The molecule has 10 heteroatoms. The van der Waals surface area contributed by atoms with Crippen molar-refractivity contribution in [3.05, 3.63) is 46.5 Å². The molecule has 1 unspecified atom stereocenters. The van der Waals surface area contributed by atoms with Crippen LogP contribution in [-0.2, 0) is 0 Å². The molecule has 0 saturated heterocycles. The molecule has 2 aromatic heterocycles. The van der Waals surface area contributed by atoms with E-state index in [0.717, 1.165) is 0 Å². The van der Waals surface area contributed by atoms with E-state index in [0.29, 0.717) is 12.1 Å². The lowest BCUT2D eigenvalue weighted by atomic mass is 10.0. The molecule has 0 spiro atoms. The summed E-state index contributed by atoms with van der Waals surface area (Å²) in [6, 6.07) is 2.43. The van der Waals surface area contributed by atoms with Crippen molar-refractivity contribution < 1.29 is 18.3 Å². The van der Waals surface area contributed by atoms with Gasteiger partial charge >= 0.3 is 0 Å². The molecule has 3 aromatic rings. The van der Waals surface area contributed by atoms with E-state index >= 15 is 0 Å². The third-order valence-electron chi connectivity index (χ3n) is 4.30. The average Bonchev–Trinajstić information content (AvgIpc) is 3.02. The summed E-state index contributed by atoms with van der Waals surface area (Å²) in [6.45, 7) is 3.37. The fraction of sp³-hybridized carbons (Fsp3) is 0.278. The number of rotatable bonds is 5. The molecule has 2 heterocycles. The Morgan fingerprint density at radius 3 is 2.43 bits per heavy atom. The van der Waals surface area contributed by atoms with Crippen LogP contribution in [0.15, 0.2) is 18.3 Å². The van der Waals surface area contributed by atoms with Crippen LogP contribution in [0.1, 0.15) is 19.4 Å². The second kappa shape index (κ2) is 7.66. The Balaban J connectivity index is 2.38. The number of nitriles is 1. The van der Waals surface area contributed by atoms with E-state index in [1.54, 1.807) is 0 Å². The van der Waals surface area contributed by atoms with Gasteiger partial charge in [0, 0.05) is 12.1 Å². The molecular weight excluding hydrogens is 395 g/mol. The molecule has 3 rings (SSSR count). The molecule has 0 aliphatic heterocycles. The molecule has 6 nitrogen and oxygen atoms in total. The Kier molecular flexibility index (Phi) is 5.45. The predicted molar refractivity (Wildman–Crippen MR) is 97.4 cm³/mol. The molecule has 0 aliphatic carbocycles. The minimum atomic E-state index is -1.18. The second-order valence-electron chi connectivity index (χ2n) is 6.45. The van der Waals surface area contributed by atoms with Gasteiger partial charge in [-0.05, 0) is 5.92 Å². The number of fused-ring (bicyclic) bond motifs is 1. The Labute approximate surface area is 163 Å². The molecule has 0 aliphatic rings. The van der Waals surface area contributed by atoms with Crippen molar-refractivity contribution in [1.82, 2.24) is 14.6 Å². The van der Waals surface area contributed by atoms with Crippen LogP contribution < -0.4 is 5.32 Å². The minimum absolute atomic E-state index is 0.0219. The van der Waals surface area contributed by atoms with Gasteiger partial charge in [0.1, 0.15) is 40.1 Å². The van der Waals surface area contributed by atoms with Crippen LogP contribution in [-0.4, -0.2) is 32.4 Å². The van der Waals surface area contributed by atoms with E-state index in [4.69, 9.17) is 11.6 Å². The topological polar surface area (TPSA) is 86.2 Å². The van der Waals surface area contributed by atoms with Gasteiger partial charge in [-0.3, -0.25) is 0 Å². The third kappa shape index (κ3) is 3.37. The van der Waals surface area contributed by atoms with Crippen molar-refractivity contribution in [1.29, 1.82) is 5.26 Å². The minimum Gasteiger partial charge on any atom is -0.394 e. The fourth-order valence-corrected chi connectivity index (χ4v) is 3.04. The van der Waals surface area contributed by atoms with Crippen molar-refractivity contribution in [2.24, 2.45) is 5.92 Å². The molecule has 0 bridgehead atoms. The fourth-order valence-electron chi connectivity index (χ4n) is 2.78. The number of anilines is 1. The number of benzene rings is 1. The number of hydrogen-bond donors (Lipinski definition) is 2. The summed E-state index contributed by atoms with van der Waals surface area (Å²) in [5, 5.41) is 25.6. The van der Waals surface area contributed by atoms with Gasteiger partial charge in [0.05, 0.1) is 30.0 Å². The van der Waals surface area contributed by atoms with Gasteiger partial charge in [-0.2, -0.15) is 14.9 Å². The summed E-state index contributed by atoms with van der Waals surface area (Å²) in [6.07, 6.45) is 1.23. The SMILES string of the molecule is CC(C)C(CO)Nc1c(-c2c(F)cc(F)cc2F)c(Cl)nc2c(C#N)cnn12. The summed E-state index contributed by atoms with van der Waals surface area (Å²) >= 11 is 6.23. The number of nitrogens with zero attached hydrogens (tertiary/aromatic N) is 4. The lowest BCUT2D eigenvalue weighted by molar-refractivity contribution is 0.249. The monoisotopic (exact) mass is 409 g/mol. The van der Waals surface area contributed by atoms with Gasteiger partial charge in [-0.15, -0.1) is 0 Å². The van der Waals surface area contributed by atoms with E-state index in [1.165, 1.54) is 10.7 Å². The smallest absolute Gasteiger partial charge is 0.176 e. The van der Waals surface area contributed by atoms with Crippen molar-refractivity contribution in [2.75, 3.05) is 11.9 Å². The number of nitrogens with one attached hydrogen (secondary N) is 1. The molecule has 1 aromatic carbocycles. The van der Waals surface area contributed by atoms with E-state index in [-0.39, 0.29) is 40.3 Å². The number of aliphatic hydroxyl groups excluding tert-OH is 1. The zero-order chi connectivity index (χ0) is 20.6. The molecule has 2 N–H and O–H groups in total. The Morgan fingerprint density at radius 1 is 1.25 bits per heavy atom. The first-order chi connectivity index (χ1) is 13.3. The normalized spacial score (nSPS) is 12.4. The average molecular weight is 410 g/mol. The molecule has 146 valence electrons. The highest BCUT2D eigenvalue weighted by molar-refractivity contribution is 6.33. The lowest BCUT2D eigenvalue weighted by Crippen LogP contribution is -2.31. The highest BCUT2D eigenvalue weighted by atomic mass is 35.5. The number of aromatic nitrogens is 3. The number of hydrogen-bond acceptors (Lipinski definition) is 5. The zero-order valence-corrected chi connectivity index (χ0v) is 15.6. The molecule has 0 amide bonds. The summed E-state index contributed by atoms with van der Waals surface area (Å²) in [4.78, 5) is 4.04. The number of aliphatic hydroxyl groups is 1. The van der Waals surface area contributed by atoms with Gasteiger partial charge in [0.25, 0.3) is 0 Å². The summed E-state index contributed by atoms with van der Waals surface area (Å²) < 4.78 is 43.5. The third-order valence-corrected chi connectivity index (χ3v) is 4.58. The van der Waals surface area contributed by atoms with Crippen LogP contribution in [0.25, 0.3) is 16.8 Å². The number of halogens is 4. The summed E-state index contributed by atoms with van der Waals surface area (Å²) in [5.74, 6) is -3.50. The van der Waals surface area contributed by atoms with Gasteiger partial charge in [-0.25, -0.2) is 18.2 Å². The van der Waals surface area contributed by atoms with Crippen molar-refractivity contribution in [2.45, 2.75) is 19.9 Å². The highest BCUT2D eigenvalue weighted by Gasteiger charge is 2.26. The molecule has 28 heavy (non-hydrogen) atoms. The van der Waals surface area contributed by atoms with Crippen molar-refractivity contribution in [3.8, 4) is 17.2 Å². The standard InChI is InChI=1S/C18H15ClF3N5O/c1-8(2)13(7-28)25-18-15(14-11(21)3-10(20)4-12(14)22)16(19)26-17-9(5-23)6-24-27(17)18/h3-4,6,8,13,25,28H,7H2,1-2H3. The quantitative estimate of drug-likeness (QED) is 0.626. The molecule has 0 saturated carbocycles. The van der Waals surface area contributed by atoms with Crippen LogP contribution in [0.4, 0.5) is 19.0 Å². The maximum absolute atomic E-state index is 14.5. The second-order valence-corrected chi connectivity index (χ2v) is 6.81. The highest BCUT2D eigenvalue weighted by Crippen LogP contribution is 2.38. The molecular formula is C18H15ClF3N5O. The van der Waals surface area contributed by atoms with Gasteiger partial charge < -0.3 is 10.4 Å². The van der Waals surface area contributed by atoms with E-state index in [9.17, 15) is 23.5 Å².